The van der Waals surface area contributed by atoms with Gasteiger partial charge in [0.25, 0.3) is 11.5 Å². The van der Waals surface area contributed by atoms with Gasteiger partial charge < -0.3 is 11.1 Å². The zero-order chi connectivity index (χ0) is 23.4. The van der Waals surface area contributed by atoms with Gasteiger partial charge in [-0.1, -0.05) is 30.3 Å². The molecule has 162 valence electrons. The molecule has 7 nitrogen and oxygen atoms in total. The van der Waals surface area contributed by atoms with E-state index in [0.717, 1.165) is 0 Å². The Hall–Kier alpha value is -4.09. The summed E-state index contributed by atoms with van der Waals surface area (Å²) >= 11 is 0. The van der Waals surface area contributed by atoms with E-state index in [1.807, 2.05) is 0 Å². The Morgan fingerprint density at radius 2 is 1.97 bits per heavy atom. The smallest absolute Gasteiger partial charge is 0.266 e. The number of amides is 1. The van der Waals surface area contributed by atoms with Gasteiger partial charge in [-0.3, -0.25) is 19.1 Å². The van der Waals surface area contributed by atoms with Gasteiger partial charge in [-0.2, -0.15) is 5.26 Å². The van der Waals surface area contributed by atoms with Crippen molar-refractivity contribution in [2.75, 3.05) is 6.54 Å². The van der Waals surface area contributed by atoms with Crippen molar-refractivity contribution in [1.29, 1.82) is 5.26 Å². The summed E-state index contributed by atoms with van der Waals surface area (Å²) in [5.41, 5.74) is 6.44. The van der Waals surface area contributed by atoms with Gasteiger partial charge in [0.05, 0.1) is 28.3 Å². The Morgan fingerprint density at radius 3 is 2.56 bits per heavy atom. The van der Waals surface area contributed by atoms with Gasteiger partial charge in [0.1, 0.15) is 11.9 Å². The van der Waals surface area contributed by atoms with Crippen molar-refractivity contribution in [2.24, 2.45) is 10.7 Å². The third-order valence-corrected chi connectivity index (χ3v) is 5.23. The first-order chi connectivity index (χ1) is 15.3. The van der Waals surface area contributed by atoms with E-state index in [1.165, 1.54) is 22.8 Å². The third kappa shape index (κ3) is 3.94. The molecule has 3 N–H and O–H groups in total. The minimum absolute atomic E-state index is 0.0665. The molecule has 0 aliphatic heterocycles. The van der Waals surface area contributed by atoms with Gasteiger partial charge in [-0.25, -0.2) is 4.39 Å². The number of pyridine rings is 1. The number of nitrogens with zero attached hydrogens (tertiary/aromatic N) is 3. The Kier molecular flexibility index (Phi) is 6.61. The molecule has 0 fully saturated rings. The molecule has 1 amide bonds. The van der Waals surface area contributed by atoms with E-state index in [1.54, 1.807) is 44.2 Å². The summed E-state index contributed by atoms with van der Waals surface area (Å²) in [6, 6.07) is 14.0. The minimum atomic E-state index is -0.795. The van der Waals surface area contributed by atoms with Gasteiger partial charge >= 0.3 is 0 Å². The largest absolute Gasteiger partial charge is 0.344 e. The summed E-state index contributed by atoms with van der Waals surface area (Å²) in [5, 5.41) is 12.8. The molecule has 0 aliphatic carbocycles. The molecular weight excluding hydrogens is 409 g/mol. The number of carbonyl (C=O) groups is 1. The van der Waals surface area contributed by atoms with Crippen LogP contribution in [-0.4, -0.2) is 23.7 Å². The molecule has 0 saturated heterocycles. The fourth-order valence-electron chi connectivity index (χ4n) is 3.63. The first-order valence-corrected chi connectivity index (χ1v) is 9.85. The number of allylic oxidation sites excluding steroid dienone is 1. The predicted molar refractivity (Wildman–Crippen MR) is 122 cm³/mol. The highest BCUT2D eigenvalue weighted by atomic mass is 19.1. The normalized spacial score (nSPS) is 12.6. The maximum atomic E-state index is 14.7. The second kappa shape index (κ2) is 9.37. The average Bonchev–Trinajstić information content (AvgIpc) is 2.79. The number of para-hydroxylation sites is 1. The molecule has 0 spiro atoms. The molecule has 1 unspecified atom stereocenters. The van der Waals surface area contributed by atoms with E-state index in [0.29, 0.717) is 11.4 Å². The van der Waals surface area contributed by atoms with Crippen molar-refractivity contribution in [3.8, 4) is 11.8 Å². The lowest BCUT2D eigenvalue weighted by Gasteiger charge is -2.23. The van der Waals surface area contributed by atoms with Crippen molar-refractivity contribution in [2.45, 2.75) is 19.9 Å². The standard InChI is InChI=1S/C24H22FN5O2/c1-14(28-3)18(12-26)23(31)29-15(2)22-19(13-27)17-10-7-11-20(25)21(17)24(32)30(22)16-8-5-4-6-9-16/h4-11,15H,3,12,26H2,1-2H3,(H,29,31). The summed E-state index contributed by atoms with van der Waals surface area (Å²) < 4.78 is 15.9. The molecule has 1 heterocycles. The lowest BCUT2D eigenvalue weighted by Crippen LogP contribution is -2.35. The van der Waals surface area contributed by atoms with Crippen LogP contribution < -0.4 is 16.6 Å². The van der Waals surface area contributed by atoms with Crippen LogP contribution in [0, 0.1) is 17.1 Å². The van der Waals surface area contributed by atoms with Gasteiger partial charge in [-0.05, 0) is 38.8 Å². The summed E-state index contributed by atoms with van der Waals surface area (Å²) in [6.07, 6.45) is 0. The topological polar surface area (TPSA) is 113 Å². The highest BCUT2D eigenvalue weighted by Crippen LogP contribution is 2.28. The second-order valence-corrected chi connectivity index (χ2v) is 7.13. The van der Waals surface area contributed by atoms with Crippen LogP contribution in [0.5, 0.6) is 0 Å². The lowest BCUT2D eigenvalue weighted by molar-refractivity contribution is -0.118. The number of nitriles is 1. The Bertz CT molecular complexity index is 1340. The Morgan fingerprint density at radius 1 is 1.28 bits per heavy atom. The zero-order valence-electron chi connectivity index (χ0n) is 17.7. The lowest BCUT2D eigenvalue weighted by atomic mass is 9.99. The van der Waals surface area contributed by atoms with Crippen LogP contribution in [0.4, 0.5) is 4.39 Å². The van der Waals surface area contributed by atoms with Crippen LogP contribution in [0.15, 0.2) is 69.6 Å². The first kappa shape index (κ1) is 22.6. The molecule has 2 aromatic carbocycles. The fraction of sp³-hybridized carbons (Fsp3) is 0.167. The van der Waals surface area contributed by atoms with Crippen LogP contribution in [0.25, 0.3) is 16.5 Å². The third-order valence-electron chi connectivity index (χ3n) is 5.23. The van der Waals surface area contributed by atoms with Gasteiger partial charge in [0, 0.05) is 23.3 Å². The van der Waals surface area contributed by atoms with Crippen molar-refractivity contribution in [1.82, 2.24) is 9.88 Å². The molecule has 8 heteroatoms. The maximum Gasteiger partial charge on any atom is 0.266 e. The van der Waals surface area contributed by atoms with Crippen molar-refractivity contribution in [3.63, 3.8) is 0 Å². The van der Waals surface area contributed by atoms with Crippen LogP contribution >= 0.6 is 0 Å². The van der Waals surface area contributed by atoms with Crippen LogP contribution in [-0.2, 0) is 4.79 Å². The number of aromatic nitrogens is 1. The summed E-state index contributed by atoms with van der Waals surface area (Å²) in [7, 11) is 0. The van der Waals surface area contributed by atoms with E-state index in [2.05, 4.69) is 23.1 Å². The number of nitrogens with one attached hydrogen (secondary N) is 1. The van der Waals surface area contributed by atoms with E-state index in [4.69, 9.17) is 5.73 Å². The molecule has 3 rings (SSSR count). The van der Waals surface area contributed by atoms with E-state index >= 15 is 0 Å². The molecule has 3 aromatic rings. The monoisotopic (exact) mass is 431 g/mol. The van der Waals surface area contributed by atoms with Crippen molar-refractivity contribution < 1.29 is 9.18 Å². The van der Waals surface area contributed by atoms with E-state index < -0.39 is 23.3 Å². The van der Waals surface area contributed by atoms with Crippen molar-refractivity contribution in [3.05, 3.63) is 87.2 Å². The number of aliphatic imine (C=N–C) groups is 1. The summed E-state index contributed by atoms with van der Waals surface area (Å²) in [4.78, 5) is 30.0. The summed E-state index contributed by atoms with van der Waals surface area (Å²) in [5.74, 6) is -1.22. The number of halogens is 1. The molecular formula is C24H22FN5O2. The number of nitrogens with two attached hydrogens (primary N) is 1. The minimum Gasteiger partial charge on any atom is -0.344 e. The molecule has 1 aromatic heterocycles. The summed E-state index contributed by atoms with van der Waals surface area (Å²) in [6.45, 7) is 6.60. The van der Waals surface area contributed by atoms with E-state index in [-0.39, 0.29) is 34.1 Å². The van der Waals surface area contributed by atoms with Gasteiger partial charge in [0.15, 0.2) is 0 Å². The number of rotatable bonds is 6. The molecule has 0 radical (unpaired) electrons. The van der Waals surface area contributed by atoms with E-state index in [9.17, 15) is 19.2 Å². The molecule has 0 bridgehead atoms. The number of fused-ring (bicyclic) bond motifs is 1. The quantitative estimate of drug-likeness (QED) is 0.461. The Balaban J connectivity index is 2.33. The van der Waals surface area contributed by atoms with Crippen LogP contribution in [0.1, 0.15) is 31.1 Å². The van der Waals surface area contributed by atoms with Crippen molar-refractivity contribution >= 4 is 23.4 Å². The molecule has 0 aliphatic rings. The molecule has 32 heavy (non-hydrogen) atoms. The number of hydrogen-bond acceptors (Lipinski definition) is 5. The number of carbonyl (C=O) groups excluding carboxylic acids is 1. The first-order valence-electron chi connectivity index (χ1n) is 9.85. The average molecular weight is 431 g/mol. The van der Waals surface area contributed by atoms with Crippen LogP contribution in [0.3, 0.4) is 0 Å². The number of hydrogen-bond donors (Lipinski definition) is 2. The predicted octanol–water partition coefficient (Wildman–Crippen LogP) is 3.11. The van der Waals surface area contributed by atoms with Gasteiger partial charge in [0.2, 0.25) is 0 Å². The fourth-order valence-corrected chi connectivity index (χ4v) is 3.63. The Labute approximate surface area is 184 Å². The highest BCUT2D eigenvalue weighted by Gasteiger charge is 2.25. The molecule has 0 saturated carbocycles. The van der Waals surface area contributed by atoms with Gasteiger partial charge in [-0.15, -0.1) is 0 Å². The zero-order valence-corrected chi connectivity index (χ0v) is 17.7. The van der Waals surface area contributed by atoms with Crippen LogP contribution in [0.2, 0.25) is 0 Å². The number of benzene rings is 2. The highest BCUT2D eigenvalue weighted by molar-refractivity contribution is 5.95. The SMILES string of the molecule is C=NC(C)=C(CN)C(=O)NC(C)c1c(C#N)c2cccc(F)c2c(=O)n1-c1ccccc1. The molecule has 1 atom stereocenters. The maximum absolute atomic E-state index is 14.7. The second-order valence-electron chi connectivity index (χ2n) is 7.13.